The second kappa shape index (κ2) is 3.79. The Morgan fingerprint density at radius 3 is 2.28 bits per heavy atom. The maximum atomic E-state index is 11.9. The van der Waals surface area contributed by atoms with Crippen molar-refractivity contribution in [3.8, 4) is 0 Å². The van der Waals surface area contributed by atoms with E-state index < -0.39 is 21.4 Å². The number of fused-ring (bicyclic) bond motifs is 1. The summed E-state index contributed by atoms with van der Waals surface area (Å²) < 4.78 is 33.0. The van der Waals surface area contributed by atoms with Crippen molar-refractivity contribution >= 4 is 21.0 Å². The topological polar surface area (TPSA) is 98.4 Å². The summed E-state index contributed by atoms with van der Waals surface area (Å²) in [6.45, 7) is 0. The Hall–Kier alpha value is -1.93. The molecular formula is C10H10N2O5S. The van der Waals surface area contributed by atoms with Crippen LogP contribution in [-0.4, -0.2) is 22.1 Å². The van der Waals surface area contributed by atoms with Gasteiger partial charge in [0.25, 0.3) is 15.7 Å². The van der Waals surface area contributed by atoms with Crippen molar-refractivity contribution in [1.82, 2.24) is 9.13 Å². The van der Waals surface area contributed by atoms with Crippen molar-refractivity contribution in [2.24, 2.45) is 14.1 Å². The second-order valence-corrected chi connectivity index (χ2v) is 5.28. The van der Waals surface area contributed by atoms with Crippen LogP contribution in [0.4, 0.5) is 0 Å². The summed E-state index contributed by atoms with van der Waals surface area (Å²) in [5, 5.41) is 0.0507. The molecule has 0 fully saturated rings. The van der Waals surface area contributed by atoms with Gasteiger partial charge in [0.05, 0.1) is 15.8 Å². The fraction of sp³-hybridized carbons (Fsp3) is 0.200. The van der Waals surface area contributed by atoms with Gasteiger partial charge in [0.1, 0.15) is 0 Å². The molecule has 1 aromatic heterocycles. The zero-order chi connectivity index (χ0) is 13.7. The van der Waals surface area contributed by atoms with Crippen LogP contribution in [0.2, 0.25) is 0 Å². The summed E-state index contributed by atoms with van der Waals surface area (Å²) in [7, 11) is -1.62. The van der Waals surface area contributed by atoms with Crippen molar-refractivity contribution in [3.63, 3.8) is 0 Å². The smallest absolute Gasteiger partial charge is 0.296 e. The van der Waals surface area contributed by atoms with Gasteiger partial charge < -0.3 is 0 Å². The molecule has 1 aromatic carbocycles. The molecule has 0 radical (unpaired) electrons. The number of aryl methyl sites for hydroxylation is 1. The molecule has 0 spiro atoms. The molecule has 2 rings (SSSR count). The van der Waals surface area contributed by atoms with E-state index in [4.69, 9.17) is 4.55 Å². The van der Waals surface area contributed by atoms with E-state index in [0.717, 1.165) is 16.7 Å². The molecule has 0 amide bonds. The van der Waals surface area contributed by atoms with Gasteiger partial charge in [0.15, 0.2) is 0 Å². The molecule has 96 valence electrons. The van der Waals surface area contributed by atoms with Crippen LogP contribution >= 0.6 is 0 Å². The fourth-order valence-corrected chi connectivity index (χ4v) is 2.24. The quantitative estimate of drug-likeness (QED) is 0.703. The molecule has 0 atom stereocenters. The van der Waals surface area contributed by atoms with Crippen molar-refractivity contribution in [2.45, 2.75) is 4.90 Å². The molecular weight excluding hydrogens is 260 g/mol. The molecule has 18 heavy (non-hydrogen) atoms. The number of rotatable bonds is 1. The van der Waals surface area contributed by atoms with E-state index in [2.05, 4.69) is 0 Å². The third-order valence-corrected chi connectivity index (χ3v) is 3.59. The molecule has 0 saturated heterocycles. The number of nitrogens with zero attached hydrogens (tertiary/aromatic N) is 2. The van der Waals surface area contributed by atoms with E-state index >= 15 is 0 Å². The maximum absolute atomic E-state index is 11.9. The standard InChI is InChI=1S/C10H10N2O5S/c1-11-8-4-3-6(18(15,16)17)5-7(8)9(13)12(2)10(11)14/h3-5H,1-2H3,(H,15,16,17). The molecule has 0 aliphatic carbocycles. The lowest BCUT2D eigenvalue weighted by atomic mass is 10.2. The van der Waals surface area contributed by atoms with E-state index in [9.17, 15) is 18.0 Å². The Bertz CT molecular complexity index is 860. The van der Waals surface area contributed by atoms with Gasteiger partial charge in [0, 0.05) is 14.1 Å². The van der Waals surface area contributed by atoms with Crippen molar-refractivity contribution < 1.29 is 13.0 Å². The molecule has 2 aromatic rings. The summed E-state index contributed by atoms with van der Waals surface area (Å²) in [4.78, 5) is 23.1. The molecule has 8 heteroatoms. The molecule has 0 bridgehead atoms. The number of hydrogen-bond donors (Lipinski definition) is 1. The molecule has 1 heterocycles. The van der Waals surface area contributed by atoms with Gasteiger partial charge in [-0.15, -0.1) is 0 Å². The second-order valence-electron chi connectivity index (χ2n) is 3.86. The maximum Gasteiger partial charge on any atom is 0.330 e. The van der Waals surface area contributed by atoms with Crippen LogP contribution in [0.3, 0.4) is 0 Å². The molecule has 0 aliphatic rings. The van der Waals surface area contributed by atoms with Crippen LogP contribution in [0.1, 0.15) is 0 Å². The highest BCUT2D eigenvalue weighted by Crippen LogP contribution is 2.14. The largest absolute Gasteiger partial charge is 0.330 e. The Morgan fingerprint density at radius 2 is 1.72 bits per heavy atom. The summed E-state index contributed by atoms with van der Waals surface area (Å²) in [5.41, 5.74) is -0.818. The van der Waals surface area contributed by atoms with Crippen LogP contribution < -0.4 is 11.2 Å². The monoisotopic (exact) mass is 270 g/mol. The minimum atomic E-state index is -4.38. The third-order valence-electron chi connectivity index (χ3n) is 2.74. The van der Waals surface area contributed by atoms with Crippen molar-refractivity contribution in [3.05, 3.63) is 39.0 Å². The van der Waals surface area contributed by atoms with Crippen molar-refractivity contribution in [1.29, 1.82) is 0 Å². The first kappa shape index (κ1) is 12.5. The lowest BCUT2D eigenvalue weighted by molar-refractivity contribution is 0.483. The molecule has 0 saturated carbocycles. The Labute approximate surface area is 102 Å². The first-order valence-electron chi connectivity index (χ1n) is 4.91. The number of hydrogen-bond acceptors (Lipinski definition) is 4. The van der Waals surface area contributed by atoms with E-state index in [1.165, 1.54) is 24.7 Å². The normalized spacial score (nSPS) is 11.9. The zero-order valence-electron chi connectivity index (χ0n) is 9.61. The van der Waals surface area contributed by atoms with Gasteiger partial charge in [-0.25, -0.2) is 4.79 Å². The highest BCUT2D eigenvalue weighted by atomic mass is 32.2. The van der Waals surface area contributed by atoms with E-state index in [1.807, 2.05) is 0 Å². The molecule has 0 aliphatic heterocycles. The van der Waals surface area contributed by atoms with Crippen LogP contribution in [0.25, 0.3) is 10.9 Å². The van der Waals surface area contributed by atoms with Gasteiger partial charge in [-0.3, -0.25) is 18.5 Å². The Kier molecular flexibility index (Phi) is 2.63. The predicted molar refractivity (Wildman–Crippen MR) is 64.2 cm³/mol. The van der Waals surface area contributed by atoms with Crippen LogP contribution in [0, 0.1) is 0 Å². The summed E-state index contributed by atoms with van der Waals surface area (Å²) >= 11 is 0. The summed E-state index contributed by atoms with van der Waals surface area (Å²) in [6.07, 6.45) is 0. The van der Waals surface area contributed by atoms with Gasteiger partial charge in [0.2, 0.25) is 0 Å². The van der Waals surface area contributed by atoms with E-state index in [-0.39, 0.29) is 10.3 Å². The van der Waals surface area contributed by atoms with E-state index in [0.29, 0.717) is 5.52 Å². The zero-order valence-corrected chi connectivity index (χ0v) is 10.4. The van der Waals surface area contributed by atoms with Gasteiger partial charge in [-0.05, 0) is 18.2 Å². The minimum absolute atomic E-state index is 0.0507. The molecule has 7 nitrogen and oxygen atoms in total. The molecule has 1 N–H and O–H groups in total. The average Bonchev–Trinajstić information content (AvgIpc) is 2.32. The SMILES string of the molecule is Cn1c(=O)c2cc(S(=O)(=O)O)ccc2n(C)c1=O. The van der Waals surface area contributed by atoms with Gasteiger partial charge in [-0.1, -0.05) is 0 Å². The fourth-order valence-electron chi connectivity index (χ4n) is 1.73. The molecule has 0 unspecified atom stereocenters. The Morgan fingerprint density at radius 1 is 1.11 bits per heavy atom. The average molecular weight is 270 g/mol. The first-order valence-corrected chi connectivity index (χ1v) is 6.35. The number of aromatic nitrogens is 2. The van der Waals surface area contributed by atoms with Gasteiger partial charge >= 0.3 is 5.69 Å². The Balaban J connectivity index is 3.05. The summed E-state index contributed by atoms with van der Waals surface area (Å²) in [5.74, 6) is 0. The summed E-state index contributed by atoms with van der Waals surface area (Å²) in [6, 6.07) is 3.49. The lowest BCUT2D eigenvalue weighted by Crippen LogP contribution is -2.37. The van der Waals surface area contributed by atoms with Gasteiger partial charge in [-0.2, -0.15) is 8.42 Å². The predicted octanol–water partition coefficient (Wildman–Crippen LogP) is -0.516. The van der Waals surface area contributed by atoms with Crippen molar-refractivity contribution in [2.75, 3.05) is 0 Å². The highest BCUT2D eigenvalue weighted by molar-refractivity contribution is 7.85. The number of benzene rings is 1. The van der Waals surface area contributed by atoms with E-state index in [1.54, 1.807) is 0 Å². The van der Waals surface area contributed by atoms with Crippen LogP contribution in [0.5, 0.6) is 0 Å². The third kappa shape index (κ3) is 1.75. The minimum Gasteiger partial charge on any atom is -0.296 e. The lowest BCUT2D eigenvalue weighted by Gasteiger charge is -2.07. The van der Waals surface area contributed by atoms with Crippen LogP contribution in [0.15, 0.2) is 32.7 Å². The first-order chi connectivity index (χ1) is 8.23. The highest BCUT2D eigenvalue weighted by Gasteiger charge is 2.14. The van der Waals surface area contributed by atoms with Crippen LogP contribution in [-0.2, 0) is 24.2 Å².